The molecule has 1 aromatic carbocycles. The maximum absolute atomic E-state index is 12.6. The fourth-order valence-corrected chi connectivity index (χ4v) is 4.36. The van der Waals surface area contributed by atoms with E-state index in [9.17, 15) is 13.2 Å². The molecule has 3 aromatic rings. The Morgan fingerprint density at radius 2 is 1.69 bits per heavy atom. The predicted molar refractivity (Wildman–Crippen MR) is 114 cm³/mol. The minimum absolute atomic E-state index is 0.0797. The summed E-state index contributed by atoms with van der Waals surface area (Å²) in [5.41, 5.74) is 0.520. The third-order valence-corrected chi connectivity index (χ3v) is 6.59. The molecule has 3 rings (SSSR count). The zero-order valence-corrected chi connectivity index (χ0v) is 17.3. The minimum atomic E-state index is -3.76. The van der Waals surface area contributed by atoms with Gasteiger partial charge in [0.1, 0.15) is 5.82 Å². The summed E-state index contributed by atoms with van der Waals surface area (Å²) >= 11 is 1.39. The Bertz CT molecular complexity index is 1040. The van der Waals surface area contributed by atoms with E-state index in [0.717, 1.165) is 5.03 Å². The van der Waals surface area contributed by atoms with Crippen LogP contribution in [-0.4, -0.2) is 29.5 Å². The first-order valence-electron chi connectivity index (χ1n) is 8.90. The van der Waals surface area contributed by atoms with Crippen LogP contribution >= 0.6 is 11.8 Å². The van der Waals surface area contributed by atoms with Gasteiger partial charge in [-0.2, -0.15) is 0 Å². The van der Waals surface area contributed by atoms with Gasteiger partial charge in [0.05, 0.1) is 15.2 Å². The van der Waals surface area contributed by atoms with Gasteiger partial charge in [-0.1, -0.05) is 30.8 Å². The van der Waals surface area contributed by atoms with Crippen LogP contribution in [0, 0.1) is 0 Å². The van der Waals surface area contributed by atoms with E-state index in [2.05, 4.69) is 20.0 Å². The summed E-state index contributed by atoms with van der Waals surface area (Å²) in [7, 11) is -3.76. The molecule has 0 aliphatic heterocycles. The van der Waals surface area contributed by atoms with E-state index >= 15 is 0 Å². The number of nitrogens with zero attached hydrogens (tertiary/aromatic N) is 2. The fourth-order valence-electron chi connectivity index (χ4n) is 2.44. The maximum Gasteiger partial charge on any atom is 0.263 e. The molecule has 0 aliphatic carbocycles. The lowest BCUT2D eigenvalue weighted by molar-refractivity contribution is -0.115. The molecule has 0 saturated carbocycles. The van der Waals surface area contributed by atoms with Gasteiger partial charge in [-0.15, -0.1) is 0 Å². The van der Waals surface area contributed by atoms with Crippen LogP contribution < -0.4 is 10.0 Å². The number of rotatable bonds is 8. The lowest BCUT2D eigenvalue weighted by atomic mass is 10.3. The van der Waals surface area contributed by atoms with Crippen LogP contribution in [0.25, 0.3) is 0 Å². The largest absolute Gasteiger partial charge is 0.325 e. The molecule has 150 valence electrons. The molecule has 1 amide bonds. The standard InChI is InChI=1S/C20H20N4O3S2/c1-2-17(28-19-8-4-6-14-22-19)20(25)23-15-9-11-16(12-10-15)29(26,27)24-18-7-3-5-13-21-18/h3-14,17H,2H2,1H3,(H,21,24)(H,23,25). The molecular weight excluding hydrogens is 408 g/mol. The number of hydrogen-bond acceptors (Lipinski definition) is 6. The molecule has 0 spiro atoms. The van der Waals surface area contributed by atoms with Crippen molar-refractivity contribution in [3.63, 3.8) is 0 Å². The highest BCUT2D eigenvalue weighted by molar-refractivity contribution is 8.00. The smallest absolute Gasteiger partial charge is 0.263 e. The highest BCUT2D eigenvalue weighted by Crippen LogP contribution is 2.25. The van der Waals surface area contributed by atoms with Crippen molar-refractivity contribution in [2.75, 3.05) is 10.0 Å². The number of aromatic nitrogens is 2. The number of nitrogens with one attached hydrogen (secondary N) is 2. The van der Waals surface area contributed by atoms with Crippen LogP contribution in [0.3, 0.4) is 0 Å². The molecule has 1 unspecified atom stereocenters. The van der Waals surface area contributed by atoms with Gasteiger partial charge in [-0.25, -0.2) is 18.4 Å². The lowest BCUT2D eigenvalue weighted by Crippen LogP contribution is -2.24. The van der Waals surface area contributed by atoms with E-state index in [1.54, 1.807) is 36.5 Å². The SMILES string of the molecule is CCC(Sc1ccccn1)C(=O)Nc1ccc(S(=O)(=O)Nc2ccccn2)cc1. The van der Waals surface area contributed by atoms with Gasteiger partial charge in [-0.05, 0) is 55.0 Å². The van der Waals surface area contributed by atoms with Crippen molar-refractivity contribution in [3.05, 3.63) is 73.1 Å². The van der Waals surface area contributed by atoms with Crippen LogP contribution in [0.4, 0.5) is 11.5 Å². The van der Waals surface area contributed by atoms with Crippen molar-refractivity contribution in [3.8, 4) is 0 Å². The molecule has 0 saturated heterocycles. The summed E-state index contributed by atoms with van der Waals surface area (Å²) in [5.74, 6) is 0.0765. The van der Waals surface area contributed by atoms with Crippen molar-refractivity contribution in [2.24, 2.45) is 0 Å². The van der Waals surface area contributed by atoms with E-state index < -0.39 is 10.0 Å². The molecule has 9 heteroatoms. The van der Waals surface area contributed by atoms with Crippen molar-refractivity contribution in [2.45, 2.75) is 28.5 Å². The van der Waals surface area contributed by atoms with Gasteiger partial charge in [0.2, 0.25) is 5.91 Å². The summed E-state index contributed by atoms with van der Waals surface area (Å²) < 4.78 is 27.3. The zero-order valence-electron chi connectivity index (χ0n) is 15.6. The van der Waals surface area contributed by atoms with Crippen LogP contribution in [0.1, 0.15) is 13.3 Å². The van der Waals surface area contributed by atoms with Crippen LogP contribution in [-0.2, 0) is 14.8 Å². The van der Waals surface area contributed by atoms with E-state index in [1.807, 2.05) is 25.1 Å². The molecule has 2 heterocycles. The average molecular weight is 429 g/mol. The lowest BCUT2D eigenvalue weighted by Gasteiger charge is -2.14. The number of sulfonamides is 1. The van der Waals surface area contributed by atoms with Gasteiger partial charge in [0.15, 0.2) is 0 Å². The number of benzene rings is 1. The Morgan fingerprint density at radius 3 is 2.28 bits per heavy atom. The third-order valence-electron chi connectivity index (χ3n) is 3.90. The Morgan fingerprint density at radius 1 is 1.00 bits per heavy atom. The molecule has 2 N–H and O–H groups in total. The molecule has 0 fully saturated rings. The summed E-state index contributed by atoms with van der Waals surface area (Å²) in [6.07, 6.45) is 3.82. The molecule has 0 bridgehead atoms. The Labute approximate surface area is 174 Å². The number of thioether (sulfide) groups is 1. The van der Waals surface area contributed by atoms with Gasteiger partial charge < -0.3 is 5.32 Å². The van der Waals surface area contributed by atoms with Gasteiger partial charge >= 0.3 is 0 Å². The first-order chi connectivity index (χ1) is 14.0. The first-order valence-corrected chi connectivity index (χ1v) is 11.3. The number of anilines is 2. The summed E-state index contributed by atoms with van der Waals surface area (Å²) in [6, 6.07) is 16.5. The molecule has 7 nitrogen and oxygen atoms in total. The van der Waals surface area contributed by atoms with Crippen LogP contribution in [0.2, 0.25) is 0 Å². The predicted octanol–water partition coefficient (Wildman–Crippen LogP) is 3.79. The molecule has 2 aromatic heterocycles. The highest BCUT2D eigenvalue weighted by Gasteiger charge is 2.19. The number of hydrogen-bond donors (Lipinski definition) is 2. The number of carbonyl (C=O) groups excluding carboxylic acids is 1. The van der Waals surface area contributed by atoms with E-state index in [1.165, 1.54) is 30.1 Å². The van der Waals surface area contributed by atoms with Gasteiger partial charge in [-0.3, -0.25) is 9.52 Å². The number of amides is 1. The second kappa shape index (κ2) is 9.53. The van der Waals surface area contributed by atoms with Gasteiger partial charge in [0.25, 0.3) is 10.0 Å². The highest BCUT2D eigenvalue weighted by atomic mass is 32.2. The van der Waals surface area contributed by atoms with Crippen LogP contribution in [0.15, 0.2) is 83.0 Å². The summed E-state index contributed by atoms with van der Waals surface area (Å²) in [6.45, 7) is 1.93. The van der Waals surface area contributed by atoms with Crippen molar-refractivity contribution in [1.82, 2.24) is 9.97 Å². The normalized spacial score (nSPS) is 12.2. The van der Waals surface area contributed by atoms with E-state index in [-0.39, 0.29) is 21.9 Å². The minimum Gasteiger partial charge on any atom is -0.325 e. The number of pyridine rings is 2. The molecule has 0 aliphatic rings. The molecule has 29 heavy (non-hydrogen) atoms. The summed E-state index contributed by atoms with van der Waals surface area (Å²) in [4.78, 5) is 20.8. The van der Waals surface area contributed by atoms with Gasteiger partial charge in [0, 0.05) is 18.1 Å². The molecular formula is C20H20N4O3S2. The van der Waals surface area contributed by atoms with E-state index in [4.69, 9.17) is 0 Å². The quantitative estimate of drug-likeness (QED) is 0.530. The van der Waals surface area contributed by atoms with Crippen LogP contribution in [0.5, 0.6) is 0 Å². The molecule has 1 atom stereocenters. The third kappa shape index (κ3) is 5.78. The average Bonchev–Trinajstić information content (AvgIpc) is 2.73. The Balaban J connectivity index is 1.65. The topological polar surface area (TPSA) is 101 Å². The second-order valence-corrected chi connectivity index (χ2v) is 8.92. The Kier molecular flexibility index (Phi) is 6.84. The monoisotopic (exact) mass is 428 g/mol. The Hall–Kier alpha value is -2.91. The summed E-state index contributed by atoms with van der Waals surface area (Å²) in [5, 5.41) is 3.29. The first kappa shape index (κ1) is 20.8. The number of carbonyl (C=O) groups is 1. The maximum atomic E-state index is 12.6. The second-order valence-electron chi connectivity index (χ2n) is 6.02. The van der Waals surface area contributed by atoms with E-state index in [0.29, 0.717) is 12.1 Å². The fraction of sp³-hybridized carbons (Fsp3) is 0.150. The molecule has 0 radical (unpaired) electrons. The zero-order chi connectivity index (χ0) is 20.7. The van der Waals surface area contributed by atoms with Crippen molar-refractivity contribution < 1.29 is 13.2 Å². The van der Waals surface area contributed by atoms with Crippen molar-refractivity contribution in [1.29, 1.82) is 0 Å². The van der Waals surface area contributed by atoms with Crippen molar-refractivity contribution >= 4 is 39.2 Å².